The Hall–Kier alpha value is -2.92. The molecule has 1 heterocycles. The highest BCUT2D eigenvalue weighted by Gasteiger charge is 2.23. The van der Waals surface area contributed by atoms with Crippen LogP contribution in [0.4, 0.5) is 10.1 Å². The number of fused-ring (bicyclic) bond motifs is 1. The smallest absolute Gasteiger partial charge is 0.256 e. The van der Waals surface area contributed by atoms with Gasteiger partial charge in [-0.1, -0.05) is 52.3 Å². The standard InChI is InChI=1S/C22H15BrFNO2/c23-16-9-10-21(27-13-14-5-1-3-7-19(14)24)15(11-16)12-18-17-6-2-4-8-20(17)25-22(18)26/h1-12H,13H2,(H,25,26)/b18-12-. The average molecular weight is 424 g/mol. The van der Waals surface area contributed by atoms with Crippen LogP contribution < -0.4 is 10.1 Å². The quantitative estimate of drug-likeness (QED) is 0.549. The van der Waals surface area contributed by atoms with Gasteiger partial charge in [0.2, 0.25) is 0 Å². The van der Waals surface area contributed by atoms with E-state index >= 15 is 0 Å². The van der Waals surface area contributed by atoms with Crippen molar-refractivity contribution < 1.29 is 13.9 Å². The molecule has 0 aliphatic carbocycles. The number of ether oxygens (including phenoxy) is 1. The van der Waals surface area contributed by atoms with Crippen LogP contribution in [0.3, 0.4) is 0 Å². The van der Waals surface area contributed by atoms with E-state index in [1.54, 1.807) is 30.3 Å². The molecule has 0 atom stereocenters. The van der Waals surface area contributed by atoms with Crippen molar-refractivity contribution in [2.45, 2.75) is 6.61 Å². The maximum absolute atomic E-state index is 13.8. The number of carbonyl (C=O) groups is 1. The van der Waals surface area contributed by atoms with Crippen LogP contribution in [0.1, 0.15) is 16.7 Å². The molecule has 1 aliphatic rings. The van der Waals surface area contributed by atoms with E-state index in [9.17, 15) is 9.18 Å². The van der Waals surface area contributed by atoms with Crippen molar-refractivity contribution in [2.24, 2.45) is 0 Å². The van der Waals surface area contributed by atoms with Crippen molar-refractivity contribution in [2.75, 3.05) is 5.32 Å². The lowest BCUT2D eigenvalue weighted by atomic mass is 10.0. The lowest BCUT2D eigenvalue weighted by Crippen LogP contribution is -2.04. The van der Waals surface area contributed by atoms with Crippen molar-refractivity contribution in [1.82, 2.24) is 0 Å². The maximum atomic E-state index is 13.8. The molecule has 5 heteroatoms. The lowest BCUT2D eigenvalue weighted by molar-refractivity contribution is -0.110. The highest BCUT2D eigenvalue weighted by Crippen LogP contribution is 2.35. The zero-order chi connectivity index (χ0) is 18.8. The summed E-state index contributed by atoms with van der Waals surface area (Å²) in [6, 6.07) is 19.6. The molecule has 0 saturated carbocycles. The fourth-order valence-corrected chi connectivity index (χ4v) is 3.35. The van der Waals surface area contributed by atoms with Crippen LogP contribution in [0, 0.1) is 5.82 Å². The molecule has 4 rings (SSSR count). The van der Waals surface area contributed by atoms with Crippen LogP contribution in [0.15, 0.2) is 71.2 Å². The first-order chi connectivity index (χ1) is 13.1. The fraction of sp³-hybridized carbons (Fsp3) is 0.0455. The van der Waals surface area contributed by atoms with E-state index in [1.165, 1.54) is 6.07 Å². The number of hydrogen-bond acceptors (Lipinski definition) is 2. The van der Waals surface area contributed by atoms with Crippen molar-refractivity contribution in [3.8, 4) is 5.75 Å². The van der Waals surface area contributed by atoms with Gasteiger partial charge in [0.25, 0.3) is 5.91 Å². The molecule has 0 radical (unpaired) electrons. The Morgan fingerprint density at radius 3 is 2.67 bits per heavy atom. The minimum Gasteiger partial charge on any atom is -0.488 e. The van der Waals surface area contributed by atoms with Crippen LogP contribution in [-0.2, 0) is 11.4 Å². The third-order valence-electron chi connectivity index (χ3n) is 4.32. The molecule has 0 saturated heterocycles. The van der Waals surface area contributed by atoms with Crippen LogP contribution in [0.5, 0.6) is 5.75 Å². The van der Waals surface area contributed by atoms with Gasteiger partial charge in [0, 0.05) is 32.4 Å². The summed E-state index contributed by atoms with van der Waals surface area (Å²) < 4.78 is 20.6. The van der Waals surface area contributed by atoms with E-state index in [1.807, 2.05) is 36.4 Å². The first-order valence-corrected chi connectivity index (χ1v) is 9.19. The van der Waals surface area contributed by atoms with E-state index in [-0.39, 0.29) is 18.3 Å². The molecule has 0 unspecified atom stereocenters. The van der Waals surface area contributed by atoms with Gasteiger partial charge in [-0.05, 0) is 36.4 Å². The molecule has 1 N–H and O–H groups in total. The monoisotopic (exact) mass is 423 g/mol. The van der Waals surface area contributed by atoms with E-state index < -0.39 is 0 Å². The molecule has 3 aromatic carbocycles. The molecule has 3 aromatic rings. The van der Waals surface area contributed by atoms with Gasteiger partial charge in [-0.25, -0.2) is 4.39 Å². The van der Waals surface area contributed by atoms with Crippen LogP contribution in [0.25, 0.3) is 11.6 Å². The molecule has 3 nitrogen and oxygen atoms in total. The van der Waals surface area contributed by atoms with Gasteiger partial charge in [0.15, 0.2) is 0 Å². The third kappa shape index (κ3) is 3.64. The Morgan fingerprint density at radius 2 is 1.81 bits per heavy atom. The van der Waals surface area contributed by atoms with Gasteiger partial charge in [0.1, 0.15) is 18.2 Å². The largest absolute Gasteiger partial charge is 0.488 e. The van der Waals surface area contributed by atoms with Crippen LogP contribution in [-0.4, -0.2) is 5.91 Å². The van der Waals surface area contributed by atoms with E-state index in [2.05, 4.69) is 21.2 Å². The van der Waals surface area contributed by atoms with Crippen molar-refractivity contribution in [3.05, 3.63) is 93.7 Å². The molecular formula is C22H15BrFNO2. The van der Waals surface area contributed by atoms with Crippen molar-refractivity contribution >= 4 is 39.2 Å². The summed E-state index contributed by atoms with van der Waals surface area (Å²) in [5, 5.41) is 2.86. The number of halogens is 2. The highest BCUT2D eigenvalue weighted by molar-refractivity contribution is 9.10. The number of anilines is 1. The number of benzene rings is 3. The Morgan fingerprint density at radius 1 is 1.04 bits per heavy atom. The topological polar surface area (TPSA) is 38.3 Å². The first kappa shape index (κ1) is 17.5. The number of nitrogens with one attached hydrogen (secondary N) is 1. The Balaban J connectivity index is 1.68. The normalized spacial score (nSPS) is 14.1. The minimum absolute atomic E-state index is 0.104. The molecule has 1 amide bonds. The molecular weight excluding hydrogens is 409 g/mol. The lowest BCUT2D eigenvalue weighted by Gasteiger charge is -2.11. The van der Waals surface area contributed by atoms with Crippen LogP contribution >= 0.6 is 15.9 Å². The summed E-state index contributed by atoms with van der Waals surface area (Å²) in [7, 11) is 0. The molecule has 1 aliphatic heterocycles. The summed E-state index contributed by atoms with van der Waals surface area (Å²) >= 11 is 3.45. The summed E-state index contributed by atoms with van der Waals surface area (Å²) in [4.78, 5) is 12.4. The average Bonchev–Trinajstić information content (AvgIpc) is 2.98. The number of carbonyl (C=O) groups excluding carboxylic acids is 1. The van der Waals surface area contributed by atoms with Crippen molar-refractivity contribution in [1.29, 1.82) is 0 Å². The maximum Gasteiger partial charge on any atom is 0.256 e. The van der Waals surface area contributed by atoms with E-state index in [0.29, 0.717) is 16.9 Å². The van der Waals surface area contributed by atoms with Crippen LogP contribution in [0.2, 0.25) is 0 Å². The van der Waals surface area contributed by atoms with Crippen molar-refractivity contribution in [3.63, 3.8) is 0 Å². The second-order valence-electron chi connectivity index (χ2n) is 6.12. The third-order valence-corrected chi connectivity index (χ3v) is 4.82. The summed E-state index contributed by atoms with van der Waals surface area (Å²) in [6.07, 6.45) is 1.79. The molecule has 134 valence electrons. The second kappa shape index (κ2) is 7.37. The van der Waals surface area contributed by atoms with Gasteiger partial charge < -0.3 is 10.1 Å². The number of hydrogen-bond donors (Lipinski definition) is 1. The predicted molar refractivity (Wildman–Crippen MR) is 108 cm³/mol. The molecule has 27 heavy (non-hydrogen) atoms. The zero-order valence-corrected chi connectivity index (χ0v) is 15.8. The van der Waals surface area contributed by atoms with Gasteiger partial charge in [-0.15, -0.1) is 0 Å². The van der Waals surface area contributed by atoms with Gasteiger partial charge in [0.05, 0.1) is 0 Å². The van der Waals surface area contributed by atoms with Gasteiger partial charge in [-0.3, -0.25) is 4.79 Å². The van der Waals surface area contributed by atoms with Gasteiger partial charge >= 0.3 is 0 Å². The molecule has 0 spiro atoms. The molecule has 0 aromatic heterocycles. The highest BCUT2D eigenvalue weighted by atomic mass is 79.9. The minimum atomic E-state index is -0.307. The first-order valence-electron chi connectivity index (χ1n) is 8.40. The zero-order valence-electron chi connectivity index (χ0n) is 14.2. The summed E-state index contributed by atoms with van der Waals surface area (Å²) in [5.74, 6) is 0.112. The number of rotatable bonds is 4. The predicted octanol–water partition coefficient (Wildman–Crippen LogP) is 5.66. The molecule has 0 fully saturated rings. The number of amides is 1. The molecule has 0 bridgehead atoms. The number of para-hydroxylation sites is 1. The fourth-order valence-electron chi connectivity index (χ4n) is 2.97. The van der Waals surface area contributed by atoms with E-state index in [0.717, 1.165) is 21.3 Å². The Labute approximate surface area is 164 Å². The Kier molecular flexibility index (Phi) is 4.77. The summed E-state index contributed by atoms with van der Waals surface area (Å²) in [6.45, 7) is 0.104. The SMILES string of the molecule is O=C1Nc2ccccc2/C1=C/c1cc(Br)ccc1OCc1ccccc1F. The Bertz CT molecular complexity index is 1060. The summed E-state index contributed by atoms with van der Waals surface area (Å²) in [5.41, 5.74) is 3.42. The van der Waals surface area contributed by atoms with E-state index in [4.69, 9.17) is 4.74 Å². The second-order valence-corrected chi connectivity index (χ2v) is 7.04. The van der Waals surface area contributed by atoms with Gasteiger partial charge in [-0.2, -0.15) is 0 Å².